The number of carbonyl (C=O) groups is 4. The number of hydrogen-bond donors (Lipinski definition) is 4. The largest absolute Gasteiger partial charge is 0.469 e. The van der Waals surface area contributed by atoms with E-state index in [1.807, 2.05) is 0 Å². The maximum Gasteiger partial charge on any atom is 0.366 e. The van der Waals surface area contributed by atoms with Crippen LogP contribution in [0.4, 0.5) is 0 Å². The molecule has 8 rings (SSSR count). The molecule has 280 valence electrons. The Morgan fingerprint density at radius 1 is 1.04 bits per heavy atom. The van der Waals surface area contributed by atoms with Crippen LogP contribution in [0.2, 0.25) is 0 Å². The van der Waals surface area contributed by atoms with E-state index >= 15 is 0 Å². The highest BCUT2D eigenvalue weighted by Gasteiger charge is 2.97. The molecule has 0 aromatic heterocycles. The molecule has 0 aromatic rings. The van der Waals surface area contributed by atoms with Gasteiger partial charge in [-0.1, -0.05) is 13.0 Å². The smallest absolute Gasteiger partial charge is 0.366 e. The molecule has 3 saturated carbocycles. The van der Waals surface area contributed by atoms with Gasteiger partial charge in [0.2, 0.25) is 6.29 Å². The van der Waals surface area contributed by atoms with Gasteiger partial charge in [0, 0.05) is 47.5 Å². The predicted octanol–water partition coefficient (Wildman–Crippen LogP) is -0.815. The van der Waals surface area contributed by atoms with Crippen molar-refractivity contribution in [1.82, 2.24) is 0 Å². The molecule has 8 aliphatic rings. The third-order valence-corrected chi connectivity index (χ3v) is 14.2. The van der Waals surface area contributed by atoms with Crippen LogP contribution in [0.5, 0.6) is 0 Å². The summed E-state index contributed by atoms with van der Waals surface area (Å²) < 4.78 is 48.5. The van der Waals surface area contributed by atoms with Crippen LogP contribution in [0.25, 0.3) is 0 Å². The van der Waals surface area contributed by atoms with Gasteiger partial charge in [0.25, 0.3) is 5.79 Å². The Kier molecular flexibility index (Phi) is 7.29. The summed E-state index contributed by atoms with van der Waals surface area (Å²) >= 11 is 0. The van der Waals surface area contributed by atoms with Crippen LogP contribution in [0.3, 0.4) is 0 Å². The van der Waals surface area contributed by atoms with Gasteiger partial charge in [0.05, 0.1) is 50.3 Å². The fourth-order valence-electron chi connectivity index (χ4n) is 12.2. The fourth-order valence-corrected chi connectivity index (χ4v) is 12.2. The zero-order valence-corrected chi connectivity index (χ0v) is 29.2. The van der Waals surface area contributed by atoms with E-state index in [-0.39, 0.29) is 18.4 Å². The summed E-state index contributed by atoms with van der Waals surface area (Å²) in [5, 5.41) is 47.8. The number of esters is 3. The average molecular weight is 721 g/mol. The van der Waals surface area contributed by atoms with Crippen LogP contribution in [0.15, 0.2) is 24.0 Å². The summed E-state index contributed by atoms with van der Waals surface area (Å²) in [5.41, 5.74) is -9.61. The van der Waals surface area contributed by atoms with E-state index in [4.69, 9.17) is 37.9 Å². The first-order valence-corrected chi connectivity index (χ1v) is 17.3. The van der Waals surface area contributed by atoms with Gasteiger partial charge in [-0.05, 0) is 33.3 Å². The highest BCUT2D eigenvalue weighted by atomic mass is 16.7. The molecule has 0 radical (unpaired) electrons. The Morgan fingerprint density at radius 3 is 2.41 bits per heavy atom. The lowest BCUT2D eigenvalue weighted by Gasteiger charge is -2.66. The summed E-state index contributed by atoms with van der Waals surface area (Å²) in [5.74, 6) is -9.86. The molecule has 16 nitrogen and oxygen atoms in total. The van der Waals surface area contributed by atoms with Crippen LogP contribution >= 0.6 is 0 Å². The van der Waals surface area contributed by atoms with Crippen molar-refractivity contribution in [3.05, 3.63) is 24.0 Å². The summed E-state index contributed by atoms with van der Waals surface area (Å²) in [6.45, 7) is 5.74. The van der Waals surface area contributed by atoms with Gasteiger partial charge < -0.3 is 58.3 Å². The number of ether oxygens (including phenoxy) is 8. The Balaban J connectivity index is 1.40. The number of carbonyl (C=O) groups excluding carboxylic acids is 4. The molecule has 3 aliphatic carbocycles. The van der Waals surface area contributed by atoms with E-state index in [1.165, 1.54) is 25.3 Å². The summed E-state index contributed by atoms with van der Waals surface area (Å²) in [4.78, 5) is 54.3. The lowest BCUT2D eigenvalue weighted by Crippen LogP contribution is -2.79. The molecule has 0 amide bonds. The van der Waals surface area contributed by atoms with Crippen molar-refractivity contribution in [3.63, 3.8) is 0 Å². The van der Waals surface area contributed by atoms with Crippen molar-refractivity contribution in [2.24, 2.45) is 34.0 Å². The molecule has 16 heteroatoms. The van der Waals surface area contributed by atoms with Crippen LogP contribution in [-0.4, -0.2) is 130 Å². The Hall–Kier alpha value is -2.96. The number of allylic oxidation sites excluding steroid dienone is 1. The van der Waals surface area contributed by atoms with Gasteiger partial charge in [-0.3, -0.25) is 9.59 Å². The molecular formula is C35H44O16. The van der Waals surface area contributed by atoms with E-state index in [0.29, 0.717) is 0 Å². The third-order valence-electron chi connectivity index (χ3n) is 14.2. The van der Waals surface area contributed by atoms with Gasteiger partial charge >= 0.3 is 17.9 Å². The van der Waals surface area contributed by atoms with E-state index in [0.717, 1.165) is 14.0 Å². The number of ketones is 1. The number of aliphatic hydroxyl groups is 4. The number of Topliss-reactive ketones (excluding diaryl/α,β-unsaturated/α-hetero) is 1. The van der Waals surface area contributed by atoms with Crippen molar-refractivity contribution < 1.29 is 77.5 Å². The minimum Gasteiger partial charge on any atom is -0.469 e. The van der Waals surface area contributed by atoms with E-state index < -0.39 is 137 Å². The van der Waals surface area contributed by atoms with Crippen LogP contribution in [-0.2, 0) is 57.1 Å². The second-order valence-electron chi connectivity index (χ2n) is 15.8. The lowest BCUT2D eigenvalue weighted by molar-refractivity contribution is -0.314. The summed E-state index contributed by atoms with van der Waals surface area (Å²) in [6, 6.07) is 0. The zero-order valence-electron chi connectivity index (χ0n) is 29.2. The first-order valence-electron chi connectivity index (χ1n) is 17.3. The molecule has 0 aromatic carbocycles. The topological polar surface area (TPSA) is 226 Å². The van der Waals surface area contributed by atoms with Crippen LogP contribution in [0.1, 0.15) is 47.5 Å². The Labute approximate surface area is 292 Å². The molecule has 5 aliphatic heterocycles. The monoisotopic (exact) mass is 720 g/mol. The van der Waals surface area contributed by atoms with Crippen molar-refractivity contribution in [3.8, 4) is 0 Å². The standard InChI is InChI=1S/C35H44O16/c1-7-15(2)25(40)49-20-11-19(48-16(3)37)31(18(38)12-36)13-46-22-23(31)32(20)14-47-34(43,27(41)44-6)26(32)29(4,24(22)39)35-21-10-17(30(35,5)51-35)33(42)8-9-45-28(33)50-21/h7-9,17,19-24,26,28,36,39,42-43H,10-14H2,1-6H3/b15-7+/t17-,19-,20+,21+,22-,23+,24-,26?,28+,29-,30+,31+,32+,33+,34+,35+/m1/s1. The van der Waals surface area contributed by atoms with Gasteiger partial charge in [-0.25, -0.2) is 9.59 Å². The number of aliphatic hydroxyl groups excluding tert-OH is 2. The van der Waals surface area contributed by atoms with Crippen LogP contribution in [0, 0.1) is 34.0 Å². The first kappa shape index (κ1) is 35.1. The number of rotatable bonds is 7. The second-order valence-corrected chi connectivity index (χ2v) is 15.8. The SMILES string of the molecule is C/C=C(\C)C(=O)O[C@H]1C[C@@H](OC(C)=O)[C@@]2(C(=O)CO)CO[C@H]3[C@@H](O)[C@@](C)([C@]45O[C@@]4(C)[C@H]4C[C@@H]5O[C@@H]5OC=C[C@@]54O)C4[C@]1(CO[C@]4(O)C(=O)OC)[C@@H]32. The van der Waals surface area contributed by atoms with Crippen molar-refractivity contribution in [1.29, 1.82) is 0 Å². The summed E-state index contributed by atoms with van der Waals surface area (Å²) in [6.07, 6.45) is -3.33. The van der Waals surface area contributed by atoms with Gasteiger partial charge in [-0.15, -0.1) is 0 Å². The predicted molar refractivity (Wildman–Crippen MR) is 164 cm³/mol. The maximum absolute atomic E-state index is 14.1. The number of fused-ring (bicyclic) bond motifs is 7. The third kappa shape index (κ3) is 3.68. The minimum atomic E-state index is -2.85. The van der Waals surface area contributed by atoms with Crippen LogP contribution < -0.4 is 0 Å². The van der Waals surface area contributed by atoms with Crippen molar-refractivity contribution >= 4 is 23.7 Å². The van der Waals surface area contributed by atoms with E-state index in [9.17, 15) is 39.6 Å². The van der Waals surface area contributed by atoms with Crippen molar-refractivity contribution in [2.45, 2.75) is 107 Å². The first-order chi connectivity index (χ1) is 23.9. The average Bonchev–Trinajstić information content (AvgIpc) is 3.47. The van der Waals surface area contributed by atoms with Gasteiger partial charge in [-0.2, -0.15) is 0 Å². The fraction of sp³-hybridized carbons (Fsp3) is 0.771. The number of hydrogen-bond acceptors (Lipinski definition) is 16. The summed E-state index contributed by atoms with van der Waals surface area (Å²) in [7, 11) is 1.05. The second kappa shape index (κ2) is 10.6. The number of epoxide rings is 1. The van der Waals surface area contributed by atoms with E-state index in [1.54, 1.807) is 20.8 Å². The Morgan fingerprint density at radius 2 is 1.76 bits per heavy atom. The molecule has 1 unspecified atom stereocenters. The number of methoxy groups -OCH3 is 1. The highest BCUT2D eigenvalue weighted by Crippen LogP contribution is 2.83. The lowest BCUT2D eigenvalue weighted by atomic mass is 9.37. The van der Waals surface area contributed by atoms with Gasteiger partial charge in [0.1, 0.15) is 30.0 Å². The quantitative estimate of drug-likeness (QED) is 0.109. The molecule has 4 N–H and O–H groups in total. The van der Waals surface area contributed by atoms with Crippen molar-refractivity contribution in [2.75, 3.05) is 26.9 Å². The highest BCUT2D eigenvalue weighted by molar-refractivity contribution is 5.90. The Bertz CT molecular complexity index is 1660. The maximum atomic E-state index is 14.1. The normalized spacial score (nSPS) is 54.0. The molecular weight excluding hydrogens is 676 g/mol. The van der Waals surface area contributed by atoms with Gasteiger partial charge in [0.15, 0.2) is 11.4 Å². The minimum absolute atomic E-state index is 0.220. The molecule has 5 heterocycles. The zero-order chi connectivity index (χ0) is 36.9. The molecule has 16 atom stereocenters. The van der Waals surface area contributed by atoms with E-state index in [2.05, 4.69) is 0 Å². The molecule has 7 fully saturated rings. The molecule has 2 bridgehead atoms. The molecule has 1 spiro atoms. The molecule has 51 heavy (non-hydrogen) atoms. The molecule has 4 saturated heterocycles.